The van der Waals surface area contributed by atoms with Crippen LogP contribution in [0.5, 0.6) is 0 Å². The van der Waals surface area contributed by atoms with Crippen molar-refractivity contribution in [2.75, 3.05) is 19.6 Å². The SMILES string of the molecule is CCCCCCCCCCCC[NH+]1CCCC(C)C1.F[P-](F)(F)(F)(F)F. The first kappa shape index (κ1) is 26.0. The van der Waals surface area contributed by atoms with Gasteiger partial charge in [0, 0.05) is 5.92 Å². The predicted octanol–water partition coefficient (Wildman–Crippen LogP) is 7.60. The van der Waals surface area contributed by atoms with Crippen molar-refractivity contribution in [3.8, 4) is 0 Å². The number of hydrogen-bond donors (Lipinski definition) is 1. The Labute approximate surface area is 155 Å². The molecule has 1 saturated heterocycles. The molecule has 0 aromatic rings. The fraction of sp³-hybridized carbons (Fsp3) is 1.00. The van der Waals surface area contributed by atoms with E-state index in [9.17, 15) is 25.2 Å². The van der Waals surface area contributed by atoms with Gasteiger partial charge in [0.1, 0.15) is 0 Å². The van der Waals surface area contributed by atoms with Crippen LogP contribution in [0.25, 0.3) is 0 Å². The summed E-state index contributed by atoms with van der Waals surface area (Å²) in [4.78, 5) is 1.89. The molecule has 1 fully saturated rings. The fourth-order valence-corrected chi connectivity index (χ4v) is 3.49. The first-order valence-electron chi connectivity index (χ1n) is 10.2. The van der Waals surface area contributed by atoms with Crippen molar-refractivity contribution in [1.29, 1.82) is 0 Å². The Morgan fingerprint density at radius 1 is 0.769 bits per heavy atom. The number of unbranched alkanes of at least 4 members (excludes halogenated alkanes) is 9. The Hall–Kier alpha value is -0.0300. The molecule has 0 amide bonds. The molecule has 1 heterocycles. The van der Waals surface area contributed by atoms with Crippen LogP contribution in [0.2, 0.25) is 0 Å². The van der Waals surface area contributed by atoms with Gasteiger partial charge in [-0.15, -0.1) is 0 Å². The van der Waals surface area contributed by atoms with E-state index in [0.717, 1.165) is 5.92 Å². The molecule has 0 bridgehead atoms. The standard InChI is InChI=1S/C18H37N.F6P/c1-3-4-5-6-7-8-9-10-11-12-15-19-16-13-14-18(2)17-19;1-7(2,3,4,5)6/h18H,3-17H2,1-2H3;/q;-1/p+1. The minimum absolute atomic E-state index is 0.979. The monoisotopic (exact) mass is 413 g/mol. The number of nitrogens with one attached hydrogen (secondary N) is 1. The molecule has 0 aromatic heterocycles. The molecule has 1 nitrogen and oxygen atoms in total. The molecule has 8 heteroatoms. The average molecular weight is 413 g/mol. The number of likely N-dealkylation sites (tertiary alicyclic amines) is 1. The van der Waals surface area contributed by atoms with Gasteiger partial charge in [0.2, 0.25) is 0 Å². The fourth-order valence-electron chi connectivity index (χ4n) is 3.49. The Bertz CT molecular complexity index is 345. The second-order valence-corrected chi connectivity index (χ2v) is 9.76. The number of halogens is 6. The number of piperidine rings is 1. The zero-order valence-electron chi connectivity index (χ0n) is 16.4. The van der Waals surface area contributed by atoms with Crippen molar-refractivity contribution >= 4 is 7.81 Å². The molecule has 162 valence electrons. The van der Waals surface area contributed by atoms with Crippen molar-refractivity contribution in [3.05, 3.63) is 0 Å². The molecular weight excluding hydrogens is 375 g/mol. The van der Waals surface area contributed by atoms with E-state index in [1.807, 2.05) is 4.90 Å². The van der Waals surface area contributed by atoms with E-state index >= 15 is 0 Å². The molecule has 0 saturated carbocycles. The molecular formula is C18H38F6NP. The van der Waals surface area contributed by atoms with Crippen LogP contribution in [0, 0.1) is 5.92 Å². The molecule has 1 aliphatic rings. The van der Waals surface area contributed by atoms with Crippen LogP contribution in [0.15, 0.2) is 0 Å². The van der Waals surface area contributed by atoms with Crippen LogP contribution in [0.4, 0.5) is 25.2 Å². The van der Waals surface area contributed by atoms with Gasteiger partial charge in [-0.3, -0.25) is 0 Å². The third-order valence-corrected chi connectivity index (χ3v) is 4.75. The van der Waals surface area contributed by atoms with Crippen molar-refractivity contribution in [3.63, 3.8) is 0 Å². The maximum atomic E-state index is 9.87. The number of quaternary nitrogens is 1. The summed E-state index contributed by atoms with van der Waals surface area (Å²) < 4.78 is 59.2. The molecule has 0 spiro atoms. The van der Waals surface area contributed by atoms with Gasteiger partial charge in [-0.25, -0.2) is 0 Å². The van der Waals surface area contributed by atoms with Gasteiger partial charge in [-0.05, 0) is 25.7 Å². The average Bonchev–Trinajstić information content (AvgIpc) is 2.46. The van der Waals surface area contributed by atoms with Crippen molar-refractivity contribution in [1.82, 2.24) is 0 Å². The van der Waals surface area contributed by atoms with Gasteiger partial charge in [-0.1, -0.05) is 65.2 Å². The first-order chi connectivity index (χ1) is 11.8. The van der Waals surface area contributed by atoms with Gasteiger partial charge in [-0.2, -0.15) is 0 Å². The Morgan fingerprint density at radius 3 is 1.62 bits per heavy atom. The molecule has 1 aliphatic heterocycles. The Morgan fingerprint density at radius 2 is 1.19 bits per heavy atom. The Kier molecular flexibility index (Phi) is 11.1. The summed E-state index contributed by atoms with van der Waals surface area (Å²) in [5.74, 6) is 0.979. The summed E-state index contributed by atoms with van der Waals surface area (Å²) in [6.07, 6.45) is 17.6. The van der Waals surface area contributed by atoms with E-state index in [-0.39, 0.29) is 0 Å². The van der Waals surface area contributed by atoms with Crippen molar-refractivity contribution in [2.24, 2.45) is 5.92 Å². The molecule has 26 heavy (non-hydrogen) atoms. The van der Waals surface area contributed by atoms with Crippen molar-refractivity contribution < 1.29 is 30.1 Å². The summed E-state index contributed by atoms with van der Waals surface area (Å²) in [5.41, 5.74) is 0. The molecule has 1 N–H and O–H groups in total. The maximum absolute atomic E-state index is 10.7. The van der Waals surface area contributed by atoms with Crippen LogP contribution < -0.4 is 4.90 Å². The number of rotatable bonds is 11. The van der Waals surface area contributed by atoms with Crippen LogP contribution >= 0.6 is 7.81 Å². The van der Waals surface area contributed by atoms with E-state index < -0.39 is 7.81 Å². The second-order valence-electron chi connectivity index (χ2n) is 7.84. The molecule has 2 atom stereocenters. The van der Waals surface area contributed by atoms with Crippen LogP contribution in [-0.2, 0) is 0 Å². The third kappa shape index (κ3) is 26.2. The minimum atomic E-state index is -10.7. The normalized spacial score (nSPS) is 23.5. The van der Waals surface area contributed by atoms with E-state index in [1.54, 1.807) is 0 Å². The summed E-state index contributed by atoms with van der Waals surface area (Å²) in [7, 11) is -10.7. The summed E-state index contributed by atoms with van der Waals surface area (Å²) in [5, 5.41) is 0. The topological polar surface area (TPSA) is 4.44 Å². The molecule has 0 aliphatic carbocycles. The van der Waals surface area contributed by atoms with Gasteiger partial charge < -0.3 is 4.90 Å². The van der Waals surface area contributed by atoms with Gasteiger partial charge >= 0.3 is 33.0 Å². The van der Waals surface area contributed by atoms with Crippen LogP contribution in [0.1, 0.15) is 90.9 Å². The van der Waals surface area contributed by atoms with Gasteiger partial charge in [0.15, 0.2) is 0 Å². The third-order valence-electron chi connectivity index (χ3n) is 4.75. The first-order valence-corrected chi connectivity index (χ1v) is 12.2. The zero-order chi connectivity index (χ0) is 20.2. The molecule has 0 aromatic carbocycles. The van der Waals surface area contributed by atoms with Crippen molar-refractivity contribution in [2.45, 2.75) is 90.9 Å². The van der Waals surface area contributed by atoms with Crippen LogP contribution in [0.3, 0.4) is 0 Å². The molecule has 1 rings (SSSR count). The summed E-state index contributed by atoms with van der Waals surface area (Å²) in [6.45, 7) is 9.06. The predicted molar refractivity (Wildman–Crippen MR) is 99.4 cm³/mol. The van der Waals surface area contributed by atoms with E-state index in [1.165, 1.54) is 96.7 Å². The van der Waals surface area contributed by atoms with Gasteiger partial charge in [0.05, 0.1) is 19.6 Å². The summed E-state index contributed by atoms with van der Waals surface area (Å²) in [6, 6.07) is 0. The molecule has 0 radical (unpaired) electrons. The van der Waals surface area contributed by atoms with Gasteiger partial charge in [0.25, 0.3) is 0 Å². The van der Waals surface area contributed by atoms with Crippen LogP contribution in [-0.4, -0.2) is 19.6 Å². The second kappa shape index (κ2) is 11.1. The molecule has 2 unspecified atom stereocenters. The number of hydrogen-bond acceptors (Lipinski definition) is 0. The van der Waals surface area contributed by atoms with E-state index in [4.69, 9.17) is 0 Å². The Balaban J connectivity index is 0.000000758. The van der Waals surface area contributed by atoms with E-state index in [2.05, 4.69) is 13.8 Å². The zero-order valence-corrected chi connectivity index (χ0v) is 17.3. The summed E-state index contributed by atoms with van der Waals surface area (Å²) >= 11 is 0. The quantitative estimate of drug-likeness (QED) is 0.202. The van der Waals surface area contributed by atoms with E-state index in [0.29, 0.717) is 0 Å².